The summed E-state index contributed by atoms with van der Waals surface area (Å²) < 4.78 is 0. The van der Waals surface area contributed by atoms with Crippen LogP contribution in [0.5, 0.6) is 0 Å². The molecule has 0 radical (unpaired) electrons. The fraction of sp³-hybridized carbons (Fsp3) is 0.471. The minimum absolute atomic E-state index is 0.00772. The molecule has 28 heavy (non-hydrogen) atoms. The van der Waals surface area contributed by atoms with Crippen molar-refractivity contribution in [1.29, 1.82) is 0 Å². The van der Waals surface area contributed by atoms with Crippen LogP contribution < -0.4 is 10.6 Å². The molecular formula is C17H21N5O4S2. The van der Waals surface area contributed by atoms with E-state index in [1.807, 2.05) is 26.0 Å². The van der Waals surface area contributed by atoms with Crippen molar-refractivity contribution < 1.29 is 19.5 Å². The molecule has 2 aliphatic rings. The van der Waals surface area contributed by atoms with Gasteiger partial charge in [-0.1, -0.05) is 6.92 Å². The molecule has 1 unspecified atom stereocenters. The average molecular weight is 424 g/mol. The average Bonchev–Trinajstić information content (AvgIpc) is 2.69. The van der Waals surface area contributed by atoms with Gasteiger partial charge in [-0.3, -0.25) is 9.69 Å². The molecule has 0 aliphatic carbocycles. The third-order valence-corrected chi connectivity index (χ3v) is 6.59. The Balaban J connectivity index is 1.69. The zero-order valence-corrected chi connectivity index (χ0v) is 17.1. The number of nitrogens with one attached hydrogen (secondary N) is 2. The number of carbonyl (C=O) groups is 3. The van der Waals surface area contributed by atoms with Crippen LogP contribution in [0.3, 0.4) is 0 Å². The number of hydrogen-bond acceptors (Lipinski definition) is 7. The van der Waals surface area contributed by atoms with Gasteiger partial charge in [-0.2, -0.15) is 5.10 Å². The van der Waals surface area contributed by atoms with Crippen LogP contribution in [0.4, 0.5) is 4.79 Å². The maximum atomic E-state index is 12.5. The van der Waals surface area contributed by atoms with Gasteiger partial charge in [0.2, 0.25) is 0 Å². The van der Waals surface area contributed by atoms with Crippen molar-refractivity contribution in [3.05, 3.63) is 29.1 Å². The molecule has 9 nitrogen and oxygen atoms in total. The van der Waals surface area contributed by atoms with E-state index < -0.39 is 29.3 Å². The Kier molecular flexibility index (Phi) is 6.45. The predicted molar refractivity (Wildman–Crippen MR) is 106 cm³/mol. The largest absolute Gasteiger partial charge is 0.477 e. The highest BCUT2D eigenvalue weighted by Gasteiger charge is 2.54. The standard InChI is InChI=1S/C17H21N5O4S2/c1-3-6-18-17(26)19-12-14(23)22-13(16(24)25)10(8-28-15(12)22)7-27-11-5-4-9(2)20-21-11/h4-5,12,15H,3,6-8H2,1-2H3,(H,24,25)(H2,18,19,26)/t12?,15-/m0/s1. The molecule has 1 saturated heterocycles. The number of carboxylic acid groups (broad SMARTS) is 1. The zero-order valence-electron chi connectivity index (χ0n) is 15.5. The Hall–Kier alpha value is -2.27. The highest BCUT2D eigenvalue weighted by atomic mass is 32.2. The molecule has 0 aromatic carbocycles. The van der Waals surface area contributed by atoms with Crippen LogP contribution in [-0.2, 0) is 9.59 Å². The summed E-state index contributed by atoms with van der Waals surface area (Å²) in [4.78, 5) is 37.5. The molecule has 1 fully saturated rings. The first-order chi connectivity index (χ1) is 13.4. The molecular weight excluding hydrogens is 402 g/mol. The van der Waals surface area contributed by atoms with Crippen LogP contribution in [0.1, 0.15) is 19.0 Å². The summed E-state index contributed by atoms with van der Waals surface area (Å²) >= 11 is 2.83. The van der Waals surface area contributed by atoms with E-state index in [-0.39, 0.29) is 5.70 Å². The lowest BCUT2D eigenvalue weighted by atomic mass is 10.0. The Morgan fingerprint density at radius 1 is 1.39 bits per heavy atom. The highest BCUT2D eigenvalue weighted by molar-refractivity contribution is 8.01. The smallest absolute Gasteiger partial charge is 0.352 e. The summed E-state index contributed by atoms with van der Waals surface area (Å²) in [6, 6.07) is 2.54. The first-order valence-corrected chi connectivity index (χ1v) is 10.8. The number of nitrogens with zero attached hydrogens (tertiary/aromatic N) is 3. The lowest BCUT2D eigenvalue weighted by Gasteiger charge is -2.49. The van der Waals surface area contributed by atoms with Gasteiger partial charge in [-0.05, 0) is 31.1 Å². The number of aryl methyl sites for hydroxylation is 1. The maximum absolute atomic E-state index is 12.5. The van der Waals surface area contributed by atoms with E-state index in [2.05, 4.69) is 20.8 Å². The number of thioether (sulfide) groups is 2. The molecule has 3 amide bonds. The summed E-state index contributed by atoms with van der Waals surface area (Å²) in [5.74, 6) is -0.674. The van der Waals surface area contributed by atoms with Crippen LogP contribution in [0.2, 0.25) is 0 Å². The second-order valence-corrected chi connectivity index (χ2v) is 8.45. The summed E-state index contributed by atoms with van der Waals surface area (Å²) in [7, 11) is 0. The van der Waals surface area contributed by atoms with Crippen LogP contribution in [0.15, 0.2) is 28.4 Å². The second kappa shape index (κ2) is 8.82. The third-order valence-electron chi connectivity index (χ3n) is 4.24. The van der Waals surface area contributed by atoms with E-state index in [0.29, 0.717) is 28.6 Å². The van der Waals surface area contributed by atoms with Gasteiger partial charge in [0.25, 0.3) is 5.91 Å². The molecule has 2 atom stereocenters. The molecule has 1 aromatic rings. The van der Waals surface area contributed by atoms with Crippen molar-refractivity contribution in [1.82, 2.24) is 25.7 Å². The van der Waals surface area contributed by atoms with Crippen molar-refractivity contribution in [2.24, 2.45) is 0 Å². The Morgan fingerprint density at radius 2 is 2.18 bits per heavy atom. The van der Waals surface area contributed by atoms with Gasteiger partial charge in [0.15, 0.2) is 0 Å². The van der Waals surface area contributed by atoms with Gasteiger partial charge in [-0.25, -0.2) is 9.59 Å². The van der Waals surface area contributed by atoms with Gasteiger partial charge in [-0.15, -0.1) is 28.6 Å². The molecule has 3 N–H and O–H groups in total. The first-order valence-electron chi connectivity index (χ1n) is 8.79. The lowest BCUT2D eigenvalue weighted by molar-refractivity contribution is -0.148. The minimum atomic E-state index is -1.14. The van der Waals surface area contributed by atoms with E-state index in [9.17, 15) is 19.5 Å². The summed E-state index contributed by atoms with van der Waals surface area (Å²) in [6.07, 6.45) is 0.786. The molecule has 0 spiro atoms. The van der Waals surface area contributed by atoms with Crippen LogP contribution in [0, 0.1) is 6.92 Å². The van der Waals surface area contributed by atoms with E-state index in [0.717, 1.165) is 12.1 Å². The molecule has 3 heterocycles. The molecule has 11 heteroatoms. The topological polar surface area (TPSA) is 125 Å². The summed E-state index contributed by atoms with van der Waals surface area (Å²) in [5.41, 5.74) is 1.47. The quantitative estimate of drug-likeness (QED) is 0.442. The van der Waals surface area contributed by atoms with Gasteiger partial charge in [0, 0.05) is 18.1 Å². The summed E-state index contributed by atoms with van der Waals surface area (Å²) in [5, 5.41) is 23.3. The molecule has 1 aromatic heterocycles. The number of fused-ring (bicyclic) bond motifs is 1. The second-order valence-electron chi connectivity index (χ2n) is 6.35. The normalized spacial score (nSPS) is 21.1. The SMILES string of the molecule is CCCNC(=O)NC1C(=O)N2C(C(=O)O)=C(CSc3ccc(C)nn3)CS[C@@H]12. The molecule has 0 bridgehead atoms. The van der Waals surface area contributed by atoms with Crippen molar-refractivity contribution in [2.75, 3.05) is 18.1 Å². The number of carbonyl (C=O) groups excluding carboxylic acids is 2. The highest BCUT2D eigenvalue weighted by Crippen LogP contribution is 2.41. The third kappa shape index (κ3) is 4.25. The van der Waals surface area contributed by atoms with E-state index in [1.165, 1.54) is 28.4 Å². The Bertz CT molecular complexity index is 814. The predicted octanol–water partition coefficient (Wildman–Crippen LogP) is 1.21. The fourth-order valence-corrected chi connectivity index (χ4v) is 5.15. The lowest BCUT2D eigenvalue weighted by Crippen LogP contribution is -2.71. The number of aromatic nitrogens is 2. The Morgan fingerprint density at radius 3 is 2.82 bits per heavy atom. The molecule has 150 valence electrons. The Labute approximate surface area is 170 Å². The first kappa shape index (κ1) is 20.5. The molecule has 0 saturated carbocycles. The molecule has 2 aliphatic heterocycles. The number of β-lactam (4-membered cyclic amide) rings is 1. The number of rotatable bonds is 7. The van der Waals surface area contributed by atoms with Crippen molar-refractivity contribution in [3.8, 4) is 0 Å². The number of carboxylic acids is 1. The minimum Gasteiger partial charge on any atom is -0.477 e. The monoisotopic (exact) mass is 423 g/mol. The molecule has 3 rings (SSSR count). The maximum Gasteiger partial charge on any atom is 0.352 e. The van der Waals surface area contributed by atoms with Gasteiger partial charge in [0.05, 0.1) is 5.69 Å². The van der Waals surface area contributed by atoms with Crippen LogP contribution in [0.25, 0.3) is 0 Å². The summed E-state index contributed by atoms with van der Waals surface area (Å²) in [6.45, 7) is 4.28. The van der Waals surface area contributed by atoms with Gasteiger partial charge >= 0.3 is 12.0 Å². The van der Waals surface area contributed by atoms with Gasteiger partial charge in [0.1, 0.15) is 22.1 Å². The van der Waals surface area contributed by atoms with Crippen LogP contribution >= 0.6 is 23.5 Å². The van der Waals surface area contributed by atoms with Crippen molar-refractivity contribution in [3.63, 3.8) is 0 Å². The number of hydrogen-bond donors (Lipinski definition) is 3. The van der Waals surface area contributed by atoms with E-state index in [1.54, 1.807) is 0 Å². The number of amides is 3. The van der Waals surface area contributed by atoms with Crippen molar-refractivity contribution >= 4 is 41.4 Å². The number of aliphatic carboxylic acids is 1. The fourth-order valence-electron chi connectivity index (χ4n) is 2.85. The van der Waals surface area contributed by atoms with E-state index >= 15 is 0 Å². The number of urea groups is 1. The van der Waals surface area contributed by atoms with Crippen LogP contribution in [-0.4, -0.2) is 67.6 Å². The van der Waals surface area contributed by atoms with Gasteiger partial charge < -0.3 is 15.7 Å². The van der Waals surface area contributed by atoms with Crippen molar-refractivity contribution in [2.45, 2.75) is 36.7 Å². The zero-order chi connectivity index (χ0) is 20.3. The van der Waals surface area contributed by atoms with E-state index in [4.69, 9.17) is 0 Å².